The molecule has 0 amide bonds. The van der Waals surface area contributed by atoms with Crippen LogP contribution in [0.5, 0.6) is 0 Å². The van der Waals surface area contributed by atoms with Crippen molar-refractivity contribution in [2.45, 2.75) is 54.8 Å². The lowest BCUT2D eigenvalue weighted by atomic mass is 9.98. The van der Waals surface area contributed by atoms with Crippen LogP contribution in [0.4, 0.5) is 0 Å². The van der Waals surface area contributed by atoms with Crippen LogP contribution < -0.4 is 21.0 Å². The molecule has 43 heavy (non-hydrogen) atoms. The predicted octanol–water partition coefficient (Wildman–Crippen LogP) is -10.3. The molecule has 0 saturated carbocycles. The largest absolute Gasteiger partial charge is 0.726 e. The van der Waals surface area contributed by atoms with Gasteiger partial charge in [0.2, 0.25) is 47.4 Å². The lowest BCUT2D eigenvalue weighted by Gasteiger charge is -2.49. The Balaban J connectivity index is 2.79. The zero-order chi connectivity index (χ0) is 33.0. The van der Waals surface area contributed by atoms with Gasteiger partial charge < -0.3 is 73.0 Å². The van der Waals surface area contributed by atoms with E-state index in [9.17, 15) is 72.9 Å². The van der Waals surface area contributed by atoms with Crippen molar-refractivity contribution in [2.75, 3.05) is 19.8 Å². The molecule has 0 aliphatic carbocycles. The van der Waals surface area contributed by atoms with Crippen LogP contribution in [0.25, 0.3) is 0 Å². The Labute approximate surface area is 239 Å². The fraction of sp³-hybridized carbons (Fsp3) is 1.00. The summed E-state index contributed by atoms with van der Waals surface area (Å²) in [5, 5.41) is 44.0. The van der Waals surface area contributed by atoms with Gasteiger partial charge in [-0.15, -0.1) is 0 Å². The Morgan fingerprint density at radius 1 is 0.581 bits per heavy atom. The highest BCUT2D eigenvalue weighted by molar-refractivity contribution is 7.81. The lowest BCUT2D eigenvalue weighted by Crippen LogP contribution is -2.66. The number of ether oxygens (including phenoxy) is 3. The van der Waals surface area contributed by atoms with Gasteiger partial charge in [-0.05, 0) is 0 Å². The molecule has 27 nitrogen and oxygen atoms in total. The van der Waals surface area contributed by atoms with Crippen LogP contribution in [-0.4, -0.2) is 127 Å². The van der Waals surface area contributed by atoms with Crippen molar-refractivity contribution in [1.29, 1.82) is 0 Å². The average molecular weight is 718 g/mol. The van der Waals surface area contributed by atoms with Gasteiger partial charge in [-0.25, -0.2) is 33.7 Å². The van der Waals surface area contributed by atoms with Gasteiger partial charge in [-0.2, -0.15) is 0 Å². The van der Waals surface area contributed by atoms with E-state index in [0.717, 1.165) is 0 Å². The molecule has 2 aliphatic rings. The highest BCUT2D eigenvalue weighted by Gasteiger charge is 2.63. The van der Waals surface area contributed by atoms with Crippen LogP contribution in [0, 0.1) is 0 Å². The van der Waals surface area contributed by atoms with Crippen LogP contribution >= 0.6 is 0 Å². The second-order valence-electron chi connectivity index (χ2n) is 7.85. The van der Waals surface area contributed by atoms with E-state index in [2.05, 4.69) is 36.3 Å². The first-order valence-corrected chi connectivity index (χ1v) is 15.5. The number of rotatable bonds is 17. The molecule has 2 aliphatic heterocycles. The smallest absolute Gasteiger partial charge is 0.225 e. The summed E-state index contributed by atoms with van der Waals surface area (Å²) in [6, 6.07) is 0. The Kier molecular flexibility index (Phi) is 13.0. The minimum atomic E-state index is -6.12. The van der Waals surface area contributed by atoms with Crippen LogP contribution in [0.2, 0.25) is 0 Å². The minimum absolute atomic E-state index is 1.41. The van der Waals surface area contributed by atoms with Gasteiger partial charge in [0.1, 0.15) is 30.5 Å². The van der Waals surface area contributed by atoms with E-state index in [1.807, 2.05) is 0 Å². The van der Waals surface area contributed by atoms with Gasteiger partial charge >= 0.3 is 0 Å². The summed E-state index contributed by atoms with van der Waals surface area (Å²) in [6.07, 6.45) is -22.2. The van der Waals surface area contributed by atoms with E-state index in [1.54, 1.807) is 0 Å². The van der Waals surface area contributed by atoms with Crippen molar-refractivity contribution in [1.82, 2.24) is 0 Å². The molecule has 2 fully saturated rings. The molecule has 0 radical (unpaired) electrons. The molecule has 0 aromatic rings. The molecule has 2 heterocycles. The molecular weight excluding hydrogens is 704 g/mol. The quantitative estimate of drug-likeness (QED) is 0.0583. The maximum atomic E-state index is 11.4. The fourth-order valence-electron chi connectivity index (χ4n) is 3.83. The molecule has 31 heteroatoms. The summed E-state index contributed by atoms with van der Waals surface area (Å²) in [7, 11) is -24.3. The van der Waals surface area contributed by atoms with Crippen LogP contribution in [0.3, 0.4) is 0 Å². The van der Waals surface area contributed by atoms with Crippen molar-refractivity contribution in [3.8, 4) is 0 Å². The molecule has 0 N–H and O–H groups in total. The standard InChI is InChI=1S/C12H22O27S4/c13-29-1-4-6(35-16)8(37-41(20,21)22)9(38-42(23,24)25)11(32-4)34-12(3-31-15)10(39-43(26,27)28)7(36-40(17,18)19)5(33-12)2-30-14/h4-11,13-16H,1-3H2,(H,17,18,19)(H,20,21,22)(H,23,24,25)(H,26,27,28)/p-8/t4-,5-,6-,7-,8+,9-,10+,11-,12+/m1/s1. The van der Waals surface area contributed by atoms with Crippen LogP contribution in [0.1, 0.15) is 0 Å². The number of hydrogen-bond donors (Lipinski definition) is 0. The van der Waals surface area contributed by atoms with Crippen LogP contribution in [0.15, 0.2) is 0 Å². The summed E-state index contributed by atoms with van der Waals surface area (Å²) in [6.45, 7) is -4.73. The molecule has 0 unspecified atom stereocenters. The molecule has 0 aromatic carbocycles. The van der Waals surface area contributed by atoms with E-state index in [1.165, 1.54) is 0 Å². The van der Waals surface area contributed by atoms with Gasteiger partial charge in [0.05, 0.1) is 19.8 Å². The van der Waals surface area contributed by atoms with Crippen molar-refractivity contribution in [2.24, 2.45) is 0 Å². The molecule has 0 aromatic heterocycles. The van der Waals surface area contributed by atoms with E-state index in [4.69, 9.17) is 14.2 Å². The van der Waals surface area contributed by atoms with Gasteiger partial charge in [0.25, 0.3) is 0 Å². The highest BCUT2D eigenvalue weighted by atomic mass is 32.3. The first-order valence-electron chi connectivity index (χ1n) is 10.2. The molecule has 0 bridgehead atoms. The maximum absolute atomic E-state index is 11.4. The minimum Gasteiger partial charge on any atom is -0.726 e. The Morgan fingerprint density at radius 3 is 1.49 bits per heavy atom. The Morgan fingerprint density at radius 2 is 1.05 bits per heavy atom. The third-order valence-corrected chi connectivity index (χ3v) is 6.92. The molecule has 9 atom stereocenters. The molecule has 2 saturated heterocycles. The SMILES string of the molecule is O=S(=O)([O-])O[C@@H]1[C@@H](OS(=O)(=O)[O-])[C@@H](O[C@]2(CO[O-])O[C@H](CO[O-])[C@@H](OS(=O)(=O)[O-])[C@@H]2OS(=O)(=O)[O-])O[C@H](CO[O-])[C@H]1O[O-]. The van der Waals surface area contributed by atoms with Crippen molar-refractivity contribution in [3.05, 3.63) is 0 Å². The summed E-state index contributed by atoms with van der Waals surface area (Å²) < 4.78 is 167. The number of hydrogen-bond acceptors (Lipinski definition) is 27. The Bertz CT molecular complexity index is 1340. The third-order valence-electron chi connectivity index (χ3n) is 5.10. The van der Waals surface area contributed by atoms with Crippen molar-refractivity contribution >= 4 is 41.6 Å². The van der Waals surface area contributed by atoms with E-state index < -0.39 is 116 Å². The first-order chi connectivity index (χ1) is 19.6. The predicted molar refractivity (Wildman–Crippen MR) is 98.4 cm³/mol. The van der Waals surface area contributed by atoms with Gasteiger partial charge in [0.15, 0.2) is 18.5 Å². The summed E-state index contributed by atoms with van der Waals surface area (Å²) in [5.41, 5.74) is 0. The fourth-order valence-corrected chi connectivity index (χ4v) is 5.80. The molecular formula is C12H14O27S4-8. The second kappa shape index (κ2) is 14.6. The molecule has 2 rings (SSSR count). The first kappa shape index (κ1) is 38.2. The van der Waals surface area contributed by atoms with Crippen molar-refractivity contribution < 1.29 is 123 Å². The van der Waals surface area contributed by atoms with Gasteiger partial charge in [-0.3, -0.25) is 16.7 Å². The van der Waals surface area contributed by atoms with E-state index in [0.29, 0.717) is 0 Å². The zero-order valence-corrected chi connectivity index (χ0v) is 23.2. The summed E-state index contributed by atoms with van der Waals surface area (Å²) >= 11 is 0. The van der Waals surface area contributed by atoms with Gasteiger partial charge in [-0.1, -0.05) is 0 Å². The molecule has 256 valence electrons. The van der Waals surface area contributed by atoms with Gasteiger partial charge in [0, 0.05) is 0 Å². The third kappa shape index (κ3) is 11.1. The van der Waals surface area contributed by atoms with Crippen LogP contribution in [-0.2, 0) is 92.1 Å². The van der Waals surface area contributed by atoms with E-state index in [-0.39, 0.29) is 0 Å². The average Bonchev–Trinajstić information content (AvgIpc) is 3.05. The molecule has 0 spiro atoms. The highest BCUT2D eigenvalue weighted by Crippen LogP contribution is 2.41. The summed E-state index contributed by atoms with van der Waals surface area (Å²) in [4.78, 5) is 14.0. The second-order valence-corrected chi connectivity index (χ2v) is 11.9. The Hall–Kier alpha value is -0.960. The summed E-state index contributed by atoms with van der Waals surface area (Å²) in [5.74, 6) is -3.58. The monoisotopic (exact) mass is 718 g/mol. The maximum Gasteiger partial charge on any atom is 0.225 e. The van der Waals surface area contributed by atoms with Crippen molar-refractivity contribution in [3.63, 3.8) is 0 Å². The topological polar surface area (TPSA) is 423 Å². The normalized spacial score (nSPS) is 34.4. The lowest BCUT2D eigenvalue weighted by molar-refractivity contribution is -0.719. The van der Waals surface area contributed by atoms with E-state index >= 15 is 0 Å². The zero-order valence-electron chi connectivity index (χ0n) is 19.9.